The number of carbonyl (C=O) groups excluding carboxylic acids is 1. The van der Waals surface area contributed by atoms with Gasteiger partial charge in [-0.3, -0.25) is 0 Å². The van der Waals surface area contributed by atoms with Crippen LogP contribution in [0.2, 0.25) is 0 Å². The first-order chi connectivity index (χ1) is 26.2. The van der Waals surface area contributed by atoms with E-state index in [4.69, 9.17) is 14.9 Å². The highest BCUT2D eigenvalue weighted by Crippen LogP contribution is 2.30. The molecule has 5 heterocycles. The average Bonchev–Trinajstić information content (AvgIpc) is 3.53. The van der Waals surface area contributed by atoms with Crippen LogP contribution in [0.4, 0.5) is 19.4 Å². The summed E-state index contributed by atoms with van der Waals surface area (Å²) in [6.07, 6.45) is 7.83. The van der Waals surface area contributed by atoms with Crippen LogP contribution in [-0.2, 0) is 27.7 Å². The minimum absolute atomic E-state index is 0.0300. The molecular formula is C39H42F2N8O5S. The van der Waals surface area contributed by atoms with Crippen molar-refractivity contribution in [1.29, 1.82) is 5.41 Å². The Labute approximate surface area is 318 Å². The predicted octanol–water partition coefficient (Wildman–Crippen LogP) is 6.53. The van der Waals surface area contributed by atoms with Crippen LogP contribution in [0.5, 0.6) is 5.88 Å². The summed E-state index contributed by atoms with van der Waals surface area (Å²) in [5, 5.41) is 15.0. The Morgan fingerprint density at radius 1 is 1.02 bits per heavy atom. The van der Waals surface area contributed by atoms with Crippen LogP contribution in [-0.4, -0.2) is 76.4 Å². The van der Waals surface area contributed by atoms with E-state index in [2.05, 4.69) is 25.6 Å². The lowest BCUT2D eigenvalue weighted by Gasteiger charge is -2.33. The molecule has 1 amide bonds. The Bertz CT molecular complexity index is 2340. The number of hydrogen-bond acceptors (Lipinski definition) is 11. The number of nitrogens with one attached hydrogen (secondary N) is 3. The van der Waals surface area contributed by atoms with Gasteiger partial charge in [-0.2, -0.15) is 4.39 Å². The third kappa shape index (κ3) is 9.08. The highest BCUT2D eigenvalue weighted by Gasteiger charge is 2.27. The Morgan fingerprint density at radius 3 is 2.44 bits per heavy atom. The maximum atomic E-state index is 15.6. The lowest BCUT2D eigenvalue weighted by atomic mass is 10.0. The van der Waals surface area contributed by atoms with Crippen LogP contribution >= 0.6 is 0 Å². The van der Waals surface area contributed by atoms with E-state index in [1.807, 2.05) is 20.8 Å². The van der Waals surface area contributed by atoms with E-state index in [0.717, 1.165) is 10.2 Å². The molecule has 288 valence electrons. The van der Waals surface area contributed by atoms with Crippen LogP contribution in [0.3, 0.4) is 0 Å². The van der Waals surface area contributed by atoms with Crippen molar-refractivity contribution in [3.05, 3.63) is 113 Å². The van der Waals surface area contributed by atoms with Gasteiger partial charge in [-0.15, -0.1) is 0 Å². The van der Waals surface area contributed by atoms with Gasteiger partial charge < -0.3 is 30.4 Å². The number of hydrogen-bond donors (Lipinski definition) is 3. The molecular weight excluding hydrogens is 731 g/mol. The first-order valence-electron chi connectivity index (χ1n) is 17.6. The SMILES string of the molecule is COc1ncc(F)cc1CNc1ccc(Cc2cn(S(=O)(=O)c3ccccc3)c3ncc(/C(C=N)=C/NC4CCN(C(=O)OC(C)(C)C)CC4)cc23)c(F)n1. The molecule has 4 aromatic heterocycles. The Hall–Kier alpha value is -5.90. The van der Waals surface area contributed by atoms with Crippen molar-refractivity contribution in [3.8, 4) is 5.88 Å². The zero-order valence-electron chi connectivity index (χ0n) is 30.8. The van der Waals surface area contributed by atoms with Crippen LogP contribution in [0.1, 0.15) is 55.9 Å². The second-order valence-corrected chi connectivity index (χ2v) is 15.8. The number of fused-ring (bicyclic) bond motifs is 1. The van der Waals surface area contributed by atoms with Gasteiger partial charge in [0.2, 0.25) is 11.8 Å². The van der Waals surface area contributed by atoms with Gasteiger partial charge in [0.1, 0.15) is 17.2 Å². The summed E-state index contributed by atoms with van der Waals surface area (Å²) >= 11 is 0. The van der Waals surface area contributed by atoms with Crippen molar-refractivity contribution in [3.63, 3.8) is 0 Å². The summed E-state index contributed by atoms with van der Waals surface area (Å²) in [6, 6.07) is 14.1. The number of methoxy groups -OCH3 is 1. The number of anilines is 1. The molecule has 0 saturated carbocycles. The fourth-order valence-electron chi connectivity index (χ4n) is 6.16. The fraction of sp³-hybridized carbons (Fsp3) is 0.308. The van der Waals surface area contributed by atoms with Gasteiger partial charge in [-0.05, 0) is 69.5 Å². The zero-order chi connectivity index (χ0) is 39.3. The molecule has 55 heavy (non-hydrogen) atoms. The lowest BCUT2D eigenvalue weighted by Crippen LogP contribution is -2.45. The van der Waals surface area contributed by atoms with Crippen molar-refractivity contribution >= 4 is 44.8 Å². The number of rotatable bonds is 12. The molecule has 0 bridgehead atoms. The Morgan fingerprint density at radius 2 is 1.76 bits per heavy atom. The molecule has 16 heteroatoms. The summed E-state index contributed by atoms with van der Waals surface area (Å²) in [4.78, 5) is 26.8. The molecule has 0 atom stereocenters. The first-order valence-corrected chi connectivity index (χ1v) is 19.0. The predicted molar refractivity (Wildman–Crippen MR) is 205 cm³/mol. The molecule has 1 fully saturated rings. The normalized spacial score (nSPS) is 14.1. The third-order valence-corrected chi connectivity index (χ3v) is 10.6. The lowest BCUT2D eigenvalue weighted by molar-refractivity contribution is 0.0201. The Balaban J connectivity index is 1.27. The number of pyridine rings is 3. The van der Waals surface area contributed by atoms with Crippen molar-refractivity contribution < 1.29 is 31.5 Å². The van der Waals surface area contributed by atoms with E-state index in [1.165, 1.54) is 43.9 Å². The molecule has 1 aliphatic rings. The van der Waals surface area contributed by atoms with Crippen LogP contribution in [0.25, 0.3) is 16.6 Å². The summed E-state index contributed by atoms with van der Waals surface area (Å²) < 4.78 is 68.9. The molecule has 1 saturated heterocycles. The summed E-state index contributed by atoms with van der Waals surface area (Å²) in [6.45, 7) is 6.59. The summed E-state index contributed by atoms with van der Waals surface area (Å²) in [7, 11) is -2.68. The summed E-state index contributed by atoms with van der Waals surface area (Å²) in [5.74, 6) is -0.921. The van der Waals surface area contributed by atoms with Gasteiger partial charge in [0.25, 0.3) is 10.0 Å². The molecule has 1 aliphatic heterocycles. The number of carbonyl (C=O) groups is 1. The number of likely N-dealkylation sites (tertiary alicyclic amines) is 1. The highest BCUT2D eigenvalue weighted by molar-refractivity contribution is 7.90. The fourth-order valence-corrected chi connectivity index (χ4v) is 7.53. The number of aromatic nitrogens is 4. The van der Waals surface area contributed by atoms with Gasteiger partial charge in [0.15, 0.2) is 5.65 Å². The maximum Gasteiger partial charge on any atom is 0.410 e. The number of nitrogens with zero attached hydrogens (tertiary/aromatic N) is 5. The topological polar surface area (TPSA) is 164 Å². The van der Waals surface area contributed by atoms with E-state index in [1.54, 1.807) is 47.5 Å². The van der Waals surface area contributed by atoms with Crippen LogP contribution in [0, 0.1) is 17.2 Å². The van der Waals surface area contributed by atoms with Crippen molar-refractivity contribution in [2.75, 3.05) is 25.5 Å². The molecule has 5 aromatic rings. The van der Waals surface area contributed by atoms with E-state index < -0.39 is 27.4 Å². The second kappa shape index (κ2) is 16.2. The van der Waals surface area contributed by atoms with E-state index in [0.29, 0.717) is 53.6 Å². The minimum atomic E-state index is -4.10. The molecule has 0 radical (unpaired) electrons. The maximum absolute atomic E-state index is 15.6. The largest absolute Gasteiger partial charge is 0.481 e. The van der Waals surface area contributed by atoms with E-state index >= 15 is 4.39 Å². The van der Waals surface area contributed by atoms with Crippen molar-refractivity contribution in [1.82, 2.24) is 29.1 Å². The van der Waals surface area contributed by atoms with E-state index in [9.17, 15) is 17.6 Å². The zero-order valence-corrected chi connectivity index (χ0v) is 31.7. The number of amides is 1. The van der Waals surface area contributed by atoms with Crippen LogP contribution < -0.4 is 15.4 Å². The number of ether oxygens (including phenoxy) is 2. The van der Waals surface area contributed by atoms with Crippen molar-refractivity contribution in [2.45, 2.75) is 63.1 Å². The van der Waals surface area contributed by atoms with Crippen molar-refractivity contribution in [2.24, 2.45) is 0 Å². The van der Waals surface area contributed by atoms with E-state index in [-0.39, 0.29) is 52.9 Å². The van der Waals surface area contributed by atoms with Crippen LogP contribution in [0.15, 0.2) is 84.3 Å². The highest BCUT2D eigenvalue weighted by atomic mass is 32.2. The van der Waals surface area contributed by atoms with Gasteiger partial charge in [0.05, 0.1) is 18.2 Å². The standard InChI is InChI=1S/C39H42F2N8O5S/c1-39(2,3)54-38(50)48-14-12-31(13-15-48)43-22-29(19-42)26-18-33-28(24-49(36(33)45-20-26)55(51,52)32-8-6-5-7-9-32)16-25-10-11-34(47-35(25)41)44-21-27-17-30(40)23-46-37(27)53-4/h5-11,17-20,22-24,31,42-43H,12-16,21H2,1-4H3,(H,44,47)/b29-22+,42-19?. The quantitative estimate of drug-likeness (QED) is 0.0938. The molecule has 0 spiro atoms. The second-order valence-electron chi connectivity index (χ2n) is 14.0. The Kier molecular flexibility index (Phi) is 11.4. The molecule has 13 nitrogen and oxygen atoms in total. The average molecular weight is 773 g/mol. The number of benzene rings is 1. The smallest absolute Gasteiger partial charge is 0.410 e. The van der Waals surface area contributed by atoms with Gasteiger partial charge in [-0.25, -0.2) is 36.5 Å². The van der Waals surface area contributed by atoms with Gasteiger partial charge >= 0.3 is 6.09 Å². The van der Waals surface area contributed by atoms with Gasteiger partial charge in [-0.1, -0.05) is 24.3 Å². The summed E-state index contributed by atoms with van der Waals surface area (Å²) in [5.41, 5.74) is 1.66. The molecule has 0 unspecified atom stereocenters. The molecule has 1 aromatic carbocycles. The number of piperidine rings is 1. The number of allylic oxidation sites excluding steroid dienone is 1. The minimum Gasteiger partial charge on any atom is -0.481 e. The van der Waals surface area contributed by atoms with Gasteiger partial charge in [0, 0.05) is 84.6 Å². The first kappa shape index (κ1) is 38.8. The monoisotopic (exact) mass is 772 g/mol. The molecule has 0 aliphatic carbocycles. The molecule has 3 N–H and O–H groups in total. The number of halogens is 2. The molecule has 6 rings (SSSR count). The third-order valence-electron chi connectivity index (χ3n) is 8.96.